The maximum absolute atomic E-state index is 10.2. The van der Waals surface area contributed by atoms with Crippen molar-refractivity contribution >= 4 is 34.6 Å². The molecular formula is C5H8O3S2. The molecule has 0 aromatic carbocycles. The van der Waals surface area contributed by atoms with Crippen LogP contribution in [0.25, 0.3) is 0 Å². The molecule has 0 saturated heterocycles. The molecule has 3 nitrogen and oxygen atoms in total. The van der Waals surface area contributed by atoms with Gasteiger partial charge in [-0.1, -0.05) is 0 Å². The first-order chi connectivity index (χ1) is 4.66. The van der Waals surface area contributed by atoms with Gasteiger partial charge < -0.3 is 8.92 Å². The Morgan fingerprint density at radius 1 is 1.70 bits per heavy atom. The summed E-state index contributed by atoms with van der Waals surface area (Å²) in [5.41, 5.74) is 0. The van der Waals surface area contributed by atoms with Gasteiger partial charge in [-0.05, 0) is 19.1 Å². The van der Waals surface area contributed by atoms with Gasteiger partial charge in [0, 0.05) is 6.92 Å². The standard InChI is InChI=1S/C5H8O3S2/c1-3-7-5(9)10-8-4(2)6/h3H2,1-2H3. The van der Waals surface area contributed by atoms with Crippen LogP contribution in [-0.4, -0.2) is 17.0 Å². The lowest BCUT2D eigenvalue weighted by molar-refractivity contribution is -0.130. The van der Waals surface area contributed by atoms with Crippen LogP contribution in [0.3, 0.4) is 0 Å². The van der Waals surface area contributed by atoms with E-state index in [1.54, 1.807) is 6.92 Å². The normalized spacial score (nSPS) is 8.60. The lowest BCUT2D eigenvalue weighted by atomic mass is 10.9. The van der Waals surface area contributed by atoms with Gasteiger partial charge in [0.05, 0.1) is 6.61 Å². The fraction of sp³-hybridized carbons (Fsp3) is 0.600. The van der Waals surface area contributed by atoms with Gasteiger partial charge in [-0.3, -0.25) is 4.79 Å². The molecule has 0 rings (SSSR count). The van der Waals surface area contributed by atoms with Crippen LogP contribution < -0.4 is 0 Å². The van der Waals surface area contributed by atoms with Crippen LogP contribution in [0.2, 0.25) is 0 Å². The number of thiocarbonyl (C=S) groups is 1. The van der Waals surface area contributed by atoms with Crippen LogP contribution in [0, 0.1) is 0 Å². The Bertz CT molecular complexity index is 135. The third-order valence-corrected chi connectivity index (χ3v) is 1.38. The zero-order valence-electron chi connectivity index (χ0n) is 5.75. The van der Waals surface area contributed by atoms with Crippen LogP contribution >= 0.6 is 24.3 Å². The fourth-order valence-corrected chi connectivity index (χ4v) is 0.806. The topological polar surface area (TPSA) is 35.5 Å². The maximum Gasteiger partial charge on any atom is 0.315 e. The number of rotatable bonds is 1. The van der Waals surface area contributed by atoms with Gasteiger partial charge in [0.25, 0.3) is 4.38 Å². The molecule has 10 heavy (non-hydrogen) atoms. The second kappa shape index (κ2) is 5.49. The molecule has 0 unspecified atom stereocenters. The van der Waals surface area contributed by atoms with E-state index in [-0.39, 0.29) is 10.4 Å². The van der Waals surface area contributed by atoms with E-state index < -0.39 is 0 Å². The second-order valence-electron chi connectivity index (χ2n) is 1.34. The van der Waals surface area contributed by atoms with Crippen LogP contribution in [-0.2, 0) is 13.7 Å². The summed E-state index contributed by atoms with van der Waals surface area (Å²) in [4.78, 5) is 10.2. The number of carbonyl (C=O) groups excluding carboxylic acids is 1. The minimum Gasteiger partial charge on any atom is -0.477 e. The van der Waals surface area contributed by atoms with Crippen LogP contribution in [0.4, 0.5) is 0 Å². The zero-order valence-corrected chi connectivity index (χ0v) is 7.38. The van der Waals surface area contributed by atoms with E-state index in [2.05, 4.69) is 16.4 Å². The molecule has 0 spiro atoms. The summed E-state index contributed by atoms with van der Waals surface area (Å²) < 4.78 is 9.51. The number of carbonyl (C=O) groups is 1. The van der Waals surface area contributed by atoms with Gasteiger partial charge in [0.15, 0.2) is 0 Å². The molecule has 0 fully saturated rings. The summed E-state index contributed by atoms with van der Waals surface area (Å²) in [5.74, 6) is -0.382. The Hall–Kier alpha value is -0.290. The first-order valence-electron chi connectivity index (χ1n) is 2.68. The Labute approximate surface area is 69.3 Å². The Balaban J connectivity index is 3.30. The molecule has 0 aliphatic carbocycles. The first-order valence-corrected chi connectivity index (χ1v) is 3.83. The summed E-state index contributed by atoms with van der Waals surface area (Å²) in [7, 11) is 0. The summed E-state index contributed by atoms with van der Waals surface area (Å²) in [6.07, 6.45) is 0. The Kier molecular flexibility index (Phi) is 5.33. The summed E-state index contributed by atoms with van der Waals surface area (Å²) >= 11 is 5.40. The van der Waals surface area contributed by atoms with Crippen LogP contribution in [0.15, 0.2) is 0 Å². The molecule has 0 aromatic rings. The van der Waals surface area contributed by atoms with Crippen LogP contribution in [0.1, 0.15) is 13.8 Å². The summed E-state index contributed by atoms with van der Waals surface area (Å²) in [6, 6.07) is 0. The second-order valence-corrected chi connectivity index (χ2v) is 2.67. The highest BCUT2D eigenvalue weighted by atomic mass is 32.2. The molecular weight excluding hydrogens is 172 g/mol. The smallest absolute Gasteiger partial charge is 0.315 e. The predicted octanol–water partition coefficient (Wildman–Crippen LogP) is 1.52. The molecule has 0 aliphatic heterocycles. The average Bonchev–Trinajstić information content (AvgIpc) is 1.85. The van der Waals surface area contributed by atoms with Crippen molar-refractivity contribution in [2.24, 2.45) is 0 Å². The van der Waals surface area contributed by atoms with Gasteiger partial charge in [-0.2, -0.15) is 0 Å². The van der Waals surface area contributed by atoms with E-state index in [9.17, 15) is 4.79 Å². The molecule has 58 valence electrons. The Morgan fingerprint density at radius 3 is 2.70 bits per heavy atom. The number of hydrogen-bond donors (Lipinski definition) is 0. The minimum absolute atomic E-state index is 0.234. The molecule has 0 bridgehead atoms. The number of hydrogen-bond acceptors (Lipinski definition) is 5. The zero-order chi connectivity index (χ0) is 7.98. The van der Waals surface area contributed by atoms with Gasteiger partial charge in [0.1, 0.15) is 12.0 Å². The van der Waals surface area contributed by atoms with Crippen LogP contribution in [0.5, 0.6) is 0 Å². The minimum atomic E-state index is -0.382. The highest BCUT2D eigenvalue weighted by Gasteiger charge is 2.00. The Morgan fingerprint density at radius 2 is 2.30 bits per heavy atom. The van der Waals surface area contributed by atoms with Crippen molar-refractivity contribution in [3.63, 3.8) is 0 Å². The van der Waals surface area contributed by atoms with E-state index in [4.69, 9.17) is 4.74 Å². The quantitative estimate of drug-likeness (QED) is 0.451. The SMILES string of the molecule is CCOC(=S)SOC(C)=O. The molecule has 0 atom stereocenters. The van der Waals surface area contributed by atoms with E-state index in [0.29, 0.717) is 6.61 Å². The largest absolute Gasteiger partial charge is 0.477 e. The third kappa shape index (κ3) is 5.84. The van der Waals surface area contributed by atoms with Crippen molar-refractivity contribution < 1.29 is 13.7 Å². The lowest BCUT2D eigenvalue weighted by Crippen LogP contribution is -1.99. The predicted molar refractivity (Wildman–Crippen MR) is 43.6 cm³/mol. The van der Waals surface area contributed by atoms with E-state index in [1.165, 1.54) is 6.92 Å². The van der Waals surface area contributed by atoms with Crippen molar-refractivity contribution in [1.82, 2.24) is 0 Å². The first kappa shape index (κ1) is 9.71. The van der Waals surface area contributed by atoms with Crippen molar-refractivity contribution in [3.05, 3.63) is 0 Å². The number of ether oxygens (including phenoxy) is 1. The maximum atomic E-state index is 10.2. The third-order valence-electron chi connectivity index (χ3n) is 0.489. The molecule has 5 heteroatoms. The molecule has 0 aromatic heterocycles. The molecule has 0 radical (unpaired) electrons. The molecule has 0 N–H and O–H groups in total. The molecule has 0 heterocycles. The van der Waals surface area contributed by atoms with Gasteiger partial charge in [0.2, 0.25) is 0 Å². The van der Waals surface area contributed by atoms with Crippen molar-refractivity contribution in [2.45, 2.75) is 13.8 Å². The molecule has 0 saturated carbocycles. The van der Waals surface area contributed by atoms with Gasteiger partial charge in [-0.15, -0.1) is 0 Å². The summed E-state index contributed by atoms with van der Waals surface area (Å²) in [6.45, 7) is 3.61. The summed E-state index contributed by atoms with van der Waals surface area (Å²) in [5, 5.41) is 0. The van der Waals surface area contributed by atoms with E-state index in [0.717, 1.165) is 12.0 Å². The molecule has 0 aliphatic rings. The van der Waals surface area contributed by atoms with E-state index >= 15 is 0 Å². The fourth-order valence-electron chi connectivity index (χ4n) is 0.235. The highest BCUT2D eigenvalue weighted by molar-refractivity contribution is 8.19. The lowest BCUT2D eigenvalue weighted by Gasteiger charge is -2.00. The highest BCUT2D eigenvalue weighted by Crippen LogP contribution is 2.06. The average molecular weight is 180 g/mol. The van der Waals surface area contributed by atoms with Crippen molar-refractivity contribution in [2.75, 3.05) is 6.61 Å². The van der Waals surface area contributed by atoms with Crippen molar-refractivity contribution in [1.29, 1.82) is 0 Å². The van der Waals surface area contributed by atoms with E-state index in [1.807, 2.05) is 0 Å². The van der Waals surface area contributed by atoms with Gasteiger partial charge >= 0.3 is 5.97 Å². The monoisotopic (exact) mass is 180 g/mol. The molecule has 0 amide bonds. The van der Waals surface area contributed by atoms with Crippen molar-refractivity contribution in [3.8, 4) is 0 Å². The van der Waals surface area contributed by atoms with Gasteiger partial charge in [-0.25, -0.2) is 0 Å².